The van der Waals surface area contributed by atoms with Gasteiger partial charge in [-0.15, -0.1) is 0 Å². The Labute approximate surface area is 146 Å². The van der Waals surface area contributed by atoms with E-state index in [0.29, 0.717) is 33.2 Å². The van der Waals surface area contributed by atoms with Crippen molar-refractivity contribution in [2.75, 3.05) is 20.8 Å². The van der Waals surface area contributed by atoms with E-state index < -0.39 is 5.97 Å². The number of esters is 1. The Hall–Kier alpha value is -2.46. The summed E-state index contributed by atoms with van der Waals surface area (Å²) in [5.41, 5.74) is 1.68. The molecule has 0 saturated carbocycles. The van der Waals surface area contributed by atoms with E-state index in [2.05, 4.69) is 0 Å². The summed E-state index contributed by atoms with van der Waals surface area (Å²) >= 11 is 6.51. The van der Waals surface area contributed by atoms with Crippen LogP contribution < -0.4 is 9.47 Å². The van der Waals surface area contributed by atoms with Gasteiger partial charge >= 0.3 is 5.97 Å². The van der Waals surface area contributed by atoms with Crippen molar-refractivity contribution in [3.05, 3.63) is 59.7 Å². The minimum atomic E-state index is -0.469. The van der Waals surface area contributed by atoms with Gasteiger partial charge < -0.3 is 14.2 Å². The van der Waals surface area contributed by atoms with E-state index in [1.807, 2.05) is 0 Å². The molecule has 0 bridgehead atoms. The standard InChI is InChI=1S/C19H19ClO4/c1-4-24-19(21)17(13-5-9-15(22-2)10-6-13)18(20)14-7-11-16(23-3)12-8-14/h5-12H,4H2,1-3H3/b18-17+. The van der Waals surface area contributed by atoms with Crippen molar-refractivity contribution in [3.8, 4) is 11.5 Å². The summed E-state index contributed by atoms with van der Waals surface area (Å²) in [6.07, 6.45) is 0. The second-order valence-corrected chi connectivity index (χ2v) is 5.24. The predicted octanol–water partition coefficient (Wildman–Crippen LogP) is 4.37. The number of ether oxygens (including phenoxy) is 3. The van der Waals surface area contributed by atoms with Crippen molar-refractivity contribution in [2.45, 2.75) is 6.92 Å². The zero-order chi connectivity index (χ0) is 17.5. The van der Waals surface area contributed by atoms with Crippen molar-refractivity contribution in [3.63, 3.8) is 0 Å². The molecule has 0 saturated heterocycles. The van der Waals surface area contributed by atoms with Crippen molar-refractivity contribution in [1.29, 1.82) is 0 Å². The summed E-state index contributed by atoms with van der Waals surface area (Å²) in [5.74, 6) is 0.941. The van der Waals surface area contributed by atoms with Crippen LogP contribution in [0.5, 0.6) is 11.5 Å². The largest absolute Gasteiger partial charge is 0.497 e. The quantitative estimate of drug-likeness (QED) is 0.442. The SMILES string of the molecule is CCOC(=O)/C(=C(/Cl)c1ccc(OC)cc1)c1ccc(OC)cc1. The number of methoxy groups -OCH3 is 2. The van der Waals surface area contributed by atoms with Crippen LogP contribution in [0.3, 0.4) is 0 Å². The maximum Gasteiger partial charge on any atom is 0.340 e. The molecule has 2 aromatic rings. The first-order chi connectivity index (χ1) is 11.6. The number of hydrogen-bond donors (Lipinski definition) is 0. The molecular formula is C19H19ClO4. The van der Waals surface area contributed by atoms with Gasteiger partial charge in [-0.25, -0.2) is 4.79 Å². The van der Waals surface area contributed by atoms with Gasteiger partial charge in [0, 0.05) is 0 Å². The highest BCUT2D eigenvalue weighted by atomic mass is 35.5. The average Bonchev–Trinajstić information content (AvgIpc) is 2.62. The smallest absolute Gasteiger partial charge is 0.340 e. The van der Waals surface area contributed by atoms with Crippen LogP contribution in [-0.4, -0.2) is 26.8 Å². The van der Waals surface area contributed by atoms with Crippen molar-refractivity contribution in [1.82, 2.24) is 0 Å². The molecule has 0 N–H and O–H groups in total. The zero-order valence-corrected chi connectivity index (χ0v) is 14.6. The Balaban J connectivity index is 2.51. The Morgan fingerprint density at radius 1 is 0.875 bits per heavy atom. The number of benzene rings is 2. The van der Waals surface area contributed by atoms with Gasteiger partial charge in [-0.3, -0.25) is 0 Å². The highest BCUT2D eigenvalue weighted by Crippen LogP contribution is 2.32. The zero-order valence-electron chi connectivity index (χ0n) is 13.8. The first kappa shape index (κ1) is 17.9. The van der Waals surface area contributed by atoms with E-state index in [9.17, 15) is 4.79 Å². The number of hydrogen-bond acceptors (Lipinski definition) is 4. The molecule has 5 heteroatoms. The fourth-order valence-corrected chi connectivity index (χ4v) is 2.49. The van der Waals surface area contributed by atoms with E-state index in [1.165, 1.54) is 0 Å². The monoisotopic (exact) mass is 346 g/mol. The van der Waals surface area contributed by atoms with E-state index in [1.54, 1.807) is 69.7 Å². The molecule has 0 amide bonds. The molecule has 0 aliphatic carbocycles. The number of rotatable bonds is 6. The molecule has 0 aromatic heterocycles. The van der Waals surface area contributed by atoms with Gasteiger partial charge in [0.2, 0.25) is 0 Å². The second-order valence-electron chi connectivity index (χ2n) is 4.87. The topological polar surface area (TPSA) is 44.8 Å². The van der Waals surface area contributed by atoms with E-state index in [0.717, 1.165) is 0 Å². The number of halogens is 1. The molecule has 0 fully saturated rings. The second kappa shape index (κ2) is 8.41. The number of carbonyl (C=O) groups is 1. The molecular weight excluding hydrogens is 328 g/mol. The van der Waals surface area contributed by atoms with Crippen LogP contribution in [0.15, 0.2) is 48.5 Å². The molecule has 0 heterocycles. The fraction of sp³-hybridized carbons (Fsp3) is 0.211. The Bertz CT molecular complexity index is 718. The van der Waals surface area contributed by atoms with Crippen LogP contribution in [0.25, 0.3) is 10.6 Å². The van der Waals surface area contributed by atoms with Crippen LogP contribution in [-0.2, 0) is 9.53 Å². The molecule has 0 aliphatic heterocycles. The molecule has 4 nitrogen and oxygen atoms in total. The van der Waals surface area contributed by atoms with Crippen LogP contribution in [0, 0.1) is 0 Å². The lowest BCUT2D eigenvalue weighted by atomic mass is 10.0. The van der Waals surface area contributed by atoms with E-state index in [4.69, 9.17) is 25.8 Å². The summed E-state index contributed by atoms with van der Waals surface area (Å²) in [5, 5.41) is 0.321. The Morgan fingerprint density at radius 2 is 1.33 bits per heavy atom. The van der Waals surface area contributed by atoms with Crippen LogP contribution in [0.4, 0.5) is 0 Å². The first-order valence-electron chi connectivity index (χ1n) is 7.46. The molecule has 0 spiro atoms. The van der Waals surface area contributed by atoms with Gasteiger partial charge in [0.1, 0.15) is 11.5 Å². The van der Waals surface area contributed by atoms with Crippen LogP contribution in [0.1, 0.15) is 18.1 Å². The highest BCUT2D eigenvalue weighted by molar-refractivity contribution is 6.56. The maximum atomic E-state index is 12.4. The third kappa shape index (κ3) is 4.09. The van der Waals surface area contributed by atoms with Gasteiger partial charge in [0.05, 0.1) is 31.4 Å². The van der Waals surface area contributed by atoms with Crippen LogP contribution in [0.2, 0.25) is 0 Å². The molecule has 0 atom stereocenters. The van der Waals surface area contributed by atoms with Gasteiger partial charge in [0.25, 0.3) is 0 Å². The normalized spacial score (nSPS) is 11.5. The fourth-order valence-electron chi connectivity index (χ4n) is 2.18. The van der Waals surface area contributed by atoms with Crippen LogP contribution >= 0.6 is 11.6 Å². The summed E-state index contributed by atoms with van der Waals surface area (Å²) in [7, 11) is 3.18. The molecule has 0 aliphatic rings. The molecule has 126 valence electrons. The van der Waals surface area contributed by atoms with Gasteiger partial charge in [-0.1, -0.05) is 23.7 Å². The Morgan fingerprint density at radius 3 is 1.75 bits per heavy atom. The highest BCUT2D eigenvalue weighted by Gasteiger charge is 2.19. The summed E-state index contributed by atoms with van der Waals surface area (Å²) < 4.78 is 15.5. The molecule has 0 unspecified atom stereocenters. The Kier molecular flexibility index (Phi) is 6.27. The number of carbonyl (C=O) groups excluding carboxylic acids is 1. The van der Waals surface area contributed by atoms with Crippen molar-refractivity contribution in [2.24, 2.45) is 0 Å². The molecule has 2 rings (SSSR count). The lowest BCUT2D eigenvalue weighted by Gasteiger charge is -2.12. The summed E-state index contributed by atoms with van der Waals surface area (Å²) in [6.45, 7) is 2.02. The minimum absolute atomic E-state index is 0.269. The first-order valence-corrected chi connectivity index (χ1v) is 7.84. The average molecular weight is 347 g/mol. The van der Waals surface area contributed by atoms with Crippen molar-refractivity contribution < 1.29 is 19.0 Å². The lowest BCUT2D eigenvalue weighted by Crippen LogP contribution is -2.08. The predicted molar refractivity (Wildman–Crippen MR) is 95.3 cm³/mol. The lowest BCUT2D eigenvalue weighted by molar-refractivity contribution is -0.136. The third-order valence-electron chi connectivity index (χ3n) is 3.42. The minimum Gasteiger partial charge on any atom is -0.497 e. The van der Waals surface area contributed by atoms with Gasteiger partial charge in [-0.2, -0.15) is 0 Å². The third-order valence-corrected chi connectivity index (χ3v) is 3.83. The summed E-state index contributed by atoms with van der Waals surface area (Å²) in [6, 6.07) is 14.3. The molecule has 2 aromatic carbocycles. The van der Waals surface area contributed by atoms with Gasteiger partial charge in [-0.05, 0) is 54.4 Å². The molecule has 0 radical (unpaired) electrons. The van der Waals surface area contributed by atoms with Gasteiger partial charge in [0.15, 0.2) is 0 Å². The molecule has 24 heavy (non-hydrogen) atoms. The van der Waals surface area contributed by atoms with E-state index in [-0.39, 0.29) is 6.61 Å². The van der Waals surface area contributed by atoms with E-state index >= 15 is 0 Å². The maximum absolute atomic E-state index is 12.4. The summed E-state index contributed by atoms with van der Waals surface area (Å²) in [4.78, 5) is 12.4. The van der Waals surface area contributed by atoms with Crippen molar-refractivity contribution >= 4 is 28.2 Å².